The molecule has 0 saturated carbocycles. The maximum absolute atomic E-state index is 12.6. The third-order valence-corrected chi connectivity index (χ3v) is 4.30. The maximum Gasteiger partial charge on any atom is 0.407 e. The number of ether oxygens (including phenoxy) is 3. The van der Waals surface area contributed by atoms with Gasteiger partial charge in [0.15, 0.2) is 5.79 Å². The maximum atomic E-state index is 12.6. The van der Waals surface area contributed by atoms with Crippen molar-refractivity contribution in [3.05, 3.63) is 35.9 Å². The van der Waals surface area contributed by atoms with Crippen LogP contribution in [0, 0.1) is 5.41 Å². The lowest BCUT2D eigenvalue weighted by atomic mass is 9.85. The highest BCUT2D eigenvalue weighted by Crippen LogP contribution is 2.34. The number of nitrogens with one attached hydrogen (secondary N) is 2. The fourth-order valence-corrected chi connectivity index (χ4v) is 2.68. The van der Waals surface area contributed by atoms with Crippen LogP contribution in [0.25, 0.3) is 0 Å². The van der Waals surface area contributed by atoms with Crippen molar-refractivity contribution in [1.29, 1.82) is 0 Å². The Hall–Kier alpha value is -2.12. The number of benzene rings is 1. The van der Waals surface area contributed by atoms with Gasteiger partial charge in [-0.2, -0.15) is 0 Å². The number of amides is 2. The lowest BCUT2D eigenvalue weighted by molar-refractivity contribution is -0.304. The molecule has 0 aromatic heterocycles. The van der Waals surface area contributed by atoms with Crippen LogP contribution < -0.4 is 10.6 Å². The largest absolute Gasteiger partial charge is 0.445 e. The van der Waals surface area contributed by atoms with Gasteiger partial charge in [-0.05, 0) is 26.3 Å². The highest BCUT2D eigenvalue weighted by Gasteiger charge is 2.45. The van der Waals surface area contributed by atoms with E-state index in [9.17, 15) is 9.59 Å². The number of hydrogen-bond acceptors (Lipinski definition) is 5. The highest BCUT2D eigenvalue weighted by molar-refractivity contribution is 5.82. The quantitative estimate of drug-likeness (QED) is 0.795. The van der Waals surface area contributed by atoms with Crippen LogP contribution in [0.1, 0.15) is 40.2 Å². The molecule has 2 amide bonds. The van der Waals surface area contributed by atoms with Crippen LogP contribution in [0.4, 0.5) is 4.79 Å². The van der Waals surface area contributed by atoms with E-state index >= 15 is 0 Å². The van der Waals surface area contributed by atoms with E-state index in [-0.39, 0.29) is 25.1 Å². The lowest BCUT2D eigenvalue weighted by Gasteiger charge is -2.44. The predicted octanol–water partition coefficient (Wildman–Crippen LogP) is 2.60. The zero-order valence-electron chi connectivity index (χ0n) is 16.7. The smallest absolute Gasteiger partial charge is 0.407 e. The van der Waals surface area contributed by atoms with E-state index in [4.69, 9.17) is 14.2 Å². The van der Waals surface area contributed by atoms with Crippen LogP contribution in [0.3, 0.4) is 0 Å². The Labute approximate surface area is 160 Å². The normalized spacial score (nSPS) is 21.7. The molecule has 1 aliphatic heterocycles. The average Bonchev–Trinajstić information content (AvgIpc) is 2.61. The lowest BCUT2D eigenvalue weighted by Crippen LogP contribution is -2.57. The van der Waals surface area contributed by atoms with Crippen molar-refractivity contribution in [3.8, 4) is 0 Å². The van der Waals surface area contributed by atoms with Crippen molar-refractivity contribution < 1.29 is 23.8 Å². The number of carbonyl (C=O) groups excluding carboxylic acids is 2. The van der Waals surface area contributed by atoms with Gasteiger partial charge in [0.2, 0.25) is 5.91 Å². The van der Waals surface area contributed by atoms with Gasteiger partial charge in [-0.15, -0.1) is 0 Å². The average molecular weight is 378 g/mol. The van der Waals surface area contributed by atoms with Gasteiger partial charge in [0.05, 0.1) is 6.61 Å². The Balaban J connectivity index is 1.76. The molecule has 1 saturated heterocycles. The number of hydrogen-bond donors (Lipinski definition) is 2. The summed E-state index contributed by atoms with van der Waals surface area (Å²) in [5.41, 5.74) is 0.473. The van der Waals surface area contributed by atoms with Crippen molar-refractivity contribution in [2.75, 3.05) is 13.2 Å². The highest BCUT2D eigenvalue weighted by atomic mass is 16.7. The predicted molar refractivity (Wildman–Crippen MR) is 101 cm³/mol. The molecule has 1 aliphatic rings. The van der Waals surface area contributed by atoms with Gasteiger partial charge < -0.3 is 24.8 Å². The van der Waals surface area contributed by atoms with Crippen LogP contribution in [0.5, 0.6) is 0 Å². The molecule has 7 nitrogen and oxygen atoms in total. The first kappa shape index (κ1) is 21.2. The monoisotopic (exact) mass is 378 g/mol. The summed E-state index contributed by atoms with van der Waals surface area (Å²) in [5.74, 6) is -1.02. The summed E-state index contributed by atoms with van der Waals surface area (Å²) in [5, 5.41) is 5.54. The van der Waals surface area contributed by atoms with E-state index in [1.807, 2.05) is 44.2 Å². The molecule has 0 aliphatic carbocycles. The molecule has 1 aromatic rings. The molecule has 2 N–H and O–H groups in total. The van der Waals surface area contributed by atoms with Crippen LogP contribution in [-0.2, 0) is 25.6 Å². The Morgan fingerprint density at radius 1 is 1.22 bits per heavy atom. The fourth-order valence-electron chi connectivity index (χ4n) is 2.68. The van der Waals surface area contributed by atoms with Gasteiger partial charge in [-0.3, -0.25) is 4.79 Å². The standard InChI is InChI=1S/C20H30N2O5/c1-14(22-18(24)25-12-15-9-7-6-8-10-15)11-21-17(23)16-19(2,3)13-26-20(4,5)27-16/h6-10,14,16H,11-13H2,1-5H3,(H,21,23)(H,22,24)/t14-,16-/m1/s1. The Morgan fingerprint density at radius 3 is 2.56 bits per heavy atom. The van der Waals surface area contributed by atoms with Crippen LogP contribution in [0.2, 0.25) is 0 Å². The zero-order valence-corrected chi connectivity index (χ0v) is 16.7. The van der Waals surface area contributed by atoms with Crippen molar-refractivity contribution in [3.63, 3.8) is 0 Å². The van der Waals surface area contributed by atoms with Gasteiger partial charge >= 0.3 is 6.09 Å². The first-order chi connectivity index (χ1) is 12.6. The summed E-state index contributed by atoms with van der Waals surface area (Å²) < 4.78 is 16.6. The zero-order chi connectivity index (χ0) is 20.1. The fraction of sp³-hybridized carbons (Fsp3) is 0.600. The third-order valence-electron chi connectivity index (χ3n) is 4.30. The molecule has 2 rings (SSSR count). The molecule has 0 spiro atoms. The van der Waals surface area contributed by atoms with E-state index in [2.05, 4.69) is 10.6 Å². The second kappa shape index (κ2) is 8.71. The van der Waals surface area contributed by atoms with E-state index in [0.717, 1.165) is 5.56 Å². The summed E-state index contributed by atoms with van der Waals surface area (Å²) in [6.45, 7) is 10.1. The van der Waals surface area contributed by atoms with Crippen LogP contribution in [-0.4, -0.2) is 43.1 Å². The molecule has 0 unspecified atom stereocenters. The van der Waals surface area contributed by atoms with Gasteiger partial charge in [0.1, 0.15) is 12.7 Å². The van der Waals surface area contributed by atoms with Crippen LogP contribution >= 0.6 is 0 Å². The summed E-state index contributed by atoms with van der Waals surface area (Å²) in [7, 11) is 0. The van der Waals surface area contributed by atoms with Gasteiger partial charge in [-0.1, -0.05) is 44.2 Å². The third kappa shape index (κ3) is 6.52. The minimum absolute atomic E-state index is 0.199. The Bertz CT molecular complexity index is 645. The molecule has 1 aromatic carbocycles. The molecule has 7 heteroatoms. The van der Waals surface area contributed by atoms with Crippen LogP contribution in [0.15, 0.2) is 30.3 Å². The van der Waals surface area contributed by atoms with E-state index in [0.29, 0.717) is 6.61 Å². The molecule has 2 atom stereocenters. The second-order valence-corrected chi connectivity index (χ2v) is 8.03. The topological polar surface area (TPSA) is 85.9 Å². The summed E-state index contributed by atoms with van der Waals surface area (Å²) in [4.78, 5) is 24.4. The number of carbonyl (C=O) groups is 2. The van der Waals surface area contributed by atoms with Crippen molar-refractivity contribution in [2.45, 2.75) is 59.2 Å². The van der Waals surface area contributed by atoms with Gasteiger partial charge in [0.25, 0.3) is 0 Å². The van der Waals surface area contributed by atoms with Gasteiger partial charge in [0, 0.05) is 18.0 Å². The minimum Gasteiger partial charge on any atom is -0.445 e. The van der Waals surface area contributed by atoms with E-state index in [1.165, 1.54) is 0 Å². The molecular weight excluding hydrogens is 348 g/mol. The number of alkyl carbamates (subject to hydrolysis) is 1. The number of rotatable bonds is 6. The van der Waals surface area contributed by atoms with Gasteiger partial charge in [-0.25, -0.2) is 4.79 Å². The molecule has 1 heterocycles. The SMILES string of the molecule is C[C@H](CNC(=O)[C@H]1OC(C)(C)OCC1(C)C)NC(=O)OCc1ccccc1. The molecule has 150 valence electrons. The summed E-state index contributed by atoms with van der Waals surface area (Å²) in [6, 6.07) is 9.15. The molecular formula is C20H30N2O5. The molecule has 1 fully saturated rings. The Morgan fingerprint density at radius 2 is 1.89 bits per heavy atom. The van der Waals surface area contributed by atoms with Crippen molar-refractivity contribution >= 4 is 12.0 Å². The van der Waals surface area contributed by atoms with E-state index < -0.39 is 23.4 Å². The van der Waals surface area contributed by atoms with Crippen molar-refractivity contribution in [1.82, 2.24) is 10.6 Å². The van der Waals surface area contributed by atoms with Crippen molar-refractivity contribution in [2.24, 2.45) is 5.41 Å². The van der Waals surface area contributed by atoms with E-state index in [1.54, 1.807) is 20.8 Å². The molecule has 27 heavy (non-hydrogen) atoms. The minimum atomic E-state index is -0.803. The Kier molecular flexibility index (Phi) is 6.84. The summed E-state index contributed by atoms with van der Waals surface area (Å²) >= 11 is 0. The second-order valence-electron chi connectivity index (χ2n) is 8.03. The first-order valence-electron chi connectivity index (χ1n) is 9.16. The first-order valence-corrected chi connectivity index (χ1v) is 9.16. The molecule has 0 radical (unpaired) electrons. The molecule has 0 bridgehead atoms. The summed E-state index contributed by atoms with van der Waals surface area (Å²) in [6.07, 6.45) is -1.15.